The summed E-state index contributed by atoms with van der Waals surface area (Å²) >= 11 is 0. The van der Waals surface area contributed by atoms with Gasteiger partial charge in [0.05, 0.1) is 5.41 Å². The predicted octanol–water partition coefficient (Wildman–Crippen LogP) is 4.02. The van der Waals surface area contributed by atoms with E-state index in [9.17, 15) is 9.90 Å². The number of benzene rings is 1. The Morgan fingerprint density at radius 1 is 1.43 bits per heavy atom. The maximum absolute atomic E-state index is 11.9. The molecule has 0 amide bonds. The largest absolute Gasteiger partial charge is 0.481 e. The van der Waals surface area contributed by atoms with Crippen LogP contribution in [0.25, 0.3) is 0 Å². The molecule has 2 unspecified atom stereocenters. The minimum absolute atomic E-state index is 0.502. The second kappa shape index (κ2) is 6.08. The smallest absolute Gasteiger partial charge is 0.311 e. The summed E-state index contributed by atoms with van der Waals surface area (Å²) in [5.41, 5.74) is 2.99. The highest BCUT2D eigenvalue weighted by Crippen LogP contribution is 2.41. The summed E-state index contributed by atoms with van der Waals surface area (Å²) in [6.07, 6.45) is 3.76. The van der Waals surface area contributed by atoms with E-state index in [2.05, 4.69) is 43.9 Å². The molecule has 21 heavy (non-hydrogen) atoms. The standard InChI is InChI=1S/C18H27NO2/c1-13-7-8-16(15(3)10-13)19(4)12-18(17(20)21)9-5-6-14(2)11-18/h7-8,10,14H,5-6,9,11-12H2,1-4H3,(H,20,21). The summed E-state index contributed by atoms with van der Waals surface area (Å²) in [5.74, 6) is -0.131. The summed E-state index contributed by atoms with van der Waals surface area (Å²) in [6, 6.07) is 6.35. The van der Waals surface area contributed by atoms with Crippen LogP contribution >= 0.6 is 0 Å². The molecule has 2 atom stereocenters. The van der Waals surface area contributed by atoms with Gasteiger partial charge in [0.25, 0.3) is 0 Å². The molecule has 1 aromatic carbocycles. The van der Waals surface area contributed by atoms with E-state index in [-0.39, 0.29) is 0 Å². The van der Waals surface area contributed by atoms with E-state index in [1.165, 1.54) is 11.1 Å². The molecule has 0 heterocycles. The second-order valence-corrected chi connectivity index (χ2v) is 6.93. The molecule has 1 aromatic rings. The molecule has 0 bridgehead atoms. The Kier molecular flexibility index (Phi) is 4.60. The minimum atomic E-state index is -0.634. The number of carbonyl (C=O) groups is 1. The normalized spacial score (nSPS) is 25.6. The maximum Gasteiger partial charge on any atom is 0.311 e. The van der Waals surface area contributed by atoms with Gasteiger partial charge >= 0.3 is 5.97 Å². The summed E-state index contributed by atoms with van der Waals surface area (Å²) in [5, 5.41) is 9.79. The highest BCUT2D eigenvalue weighted by Gasteiger charge is 2.42. The fraction of sp³-hybridized carbons (Fsp3) is 0.611. The van der Waals surface area contributed by atoms with Crippen molar-refractivity contribution in [2.45, 2.75) is 46.5 Å². The number of hydrogen-bond acceptors (Lipinski definition) is 2. The van der Waals surface area contributed by atoms with Crippen LogP contribution in [-0.2, 0) is 4.79 Å². The quantitative estimate of drug-likeness (QED) is 0.910. The van der Waals surface area contributed by atoms with E-state index < -0.39 is 11.4 Å². The molecule has 1 aliphatic rings. The Hall–Kier alpha value is -1.51. The molecule has 3 nitrogen and oxygen atoms in total. The third-order valence-corrected chi connectivity index (χ3v) is 4.85. The molecule has 116 valence electrons. The van der Waals surface area contributed by atoms with Crippen LogP contribution in [0.1, 0.15) is 43.7 Å². The van der Waals surface area contributed by atoms with Crippen molar-refractivity contribution in [3.8, 4) is 0 Å². The van der Waals surface area contributed by atoms with E-state index in [0.29, 0.717) is 12.5 Å². The van der Waals surface area contributed by atoms with E-state index in [1.54, 1.807) is 0 Å². The van der Waals surface area contributed by atoms with Crippen LogP contribution in [-0.4, -0.2) is 24.7 Å². The lowest BCUT2D eigenvalue weighted by molar-refractivity contribution is -0.151. The summed E-state index contributed by atoms with van der Waals surface area (Å²) < 4.78 is 0. The van der Waals surface area contributed by atoms with Crippen LogP contribution in [0.4, 0.5) is 5.69 Å². The zero-order valence-corrected chi connectivity index (χ0v) is 13.6. The highest BCUT2D eigenvalue weighted by molar-refractivity contribution is 5.76. The number of carboxylic acids is 1. The molecule has 0 spiro atoms. The van der Waals surface area contributed by atoms with Gasteiger partial charge in [0, 0.05) is 19.3 Å². The number of aryl methyl sites for hydroxylation is 2. The zero-order valence-electron chi connectivity index (χ0n) is 13.6. The molecule has 0 aromatic heterocycles. The van der Waals surface area contributed by atoms with Crippen LogP contribution in [0.3, 0.4) is 0 Å². The van der Waals surface area contributed by atoms with Gasteiger partial charge in [-0.3, -0.25) is 4.79 Å². The monoisotopic (exact) mass is 289 g/mol. The molecule has 0 radical (unpaired) electrons. The lowest BCUT2D eigenvalue weighted by Gasteiger charge is -2.40. The van der Waals surface area contributed by atoms with Gasteiger partial charge < -0.3 is 10.0 Å². The van der Waals surface area contributed by atoms with Crippen LogP contribution < -0.4 is 4.90 Å². The molecule has 0 saturated heterocycles. The summed E-state index contributed by atoms with van der Waals surface area (Å²) in [7, 11) is 2.02. The Morgan fingerprint density at radius 3 is 2.71 bits per heavy atom. The molecule has 0 aliphatic heterocycles. The van der Waals surface area contributed by atoms with E-state index in [1.807, 2.05) is 7.05 Å². The van der Waals surface area contributed by atoms with E-state index in [0.717, 1.165) is 31.4 Å². The molecular weight excluding hydrogens is 262 g/mol. The van der Waals surface area contributed by atoms with Gasteiger partial charge in [-0.2, -0.15) is 0 Å². The highest BCUT2D eigenvalue weighted by atomic mass is 16.4. The number of anilines is 1. The summed E-state index contributed by atoms with van der Waals surface area (Å²) in [4.78, 5) is 14.0. The number of carboxylic acid groups (broad SMARTS) is 1. The van der Waals surface area contributed by atoms with Gasteiger partial charge in [-0.25, -0.2) is 0 Å². The predicted molar refractivity (Wildman–Crippen MR) is 86.9 cm³/mol. The van der Waals surface area contributed by atoms with Gasteiger partial charge in [-0.05, 0) is 44.2 Å². The molecule has 2 rings (SSSR count). The molecule has 3 heteroatoms. The van der Waals surface area contributed by atoms with Crippen LogP contribution in [0.2, 0.25) is 0 Å². The Labute approximate surface area is 128 Å². The SMILES string of the molecule is Cc1ccc(N(C)CC2(C(=O)O)CCCC(C)C2)c(C)c1. The summed E-state index contributed by atoms with van der Waals surface area (Å²) in [6.45, 7) is 6.94. The third-order valence-electron chi connectivity index (χ3n) is 4.85. The van der Waals surface area contributed by atoms with E-state index >= 15 is 0 Å². The average molecular weight is 289 g/mol. The number of nitrogens with zero attached hydrogens (tertiary/aromatic N) is 1. The molecular formula is C18H27NO2. The first-order valence-electron chi connectivity index (χ1n) is 7.86. The topological polar surface area (TPSA) is 40.5 Å². The lowest BCUT2D eigenvalue weighted by atomic mass is 9.69. The van der Waals surface area contributed by atoms with Gasteiger partial charge in [-0.1, -0.05) is 37.5 Å². The number of rotatable bonds is 4. The van der Waals surface area contributed by atoms with E-state index in [4.69, 9.17) is 0 Å². The Bertz CT molecular complexity index is 526. The minimum Gasteiger partial charge on any atom is -0.481 e. The fourth-order valence-electron chi connectivity index (χ4n) is 3.84. The molecule has 1 fully saturated rings. The first-order valence-corrected chi connectivity index (χ1v) is 7.86. The van der Waals surface area contributed by atoms with Gasteiger partial charge in [-0.15, -0.1) is 0 Å². The van der Waals surface area contributed by atoms with Crippen molar-refractivity contribution in [1.82, 2.24) is 0 Å². The maximum atomic E-state index is 11.9. The van der Waals surface area contributed by atoms with Gasteiger partial charge in [0.15, 0.2) is 0 Å². The van der Waals surface area contributed by atoms with Crippen molar-refractivity contribution in [1.29, 1.82) is 0 Å². The first-order chi connectivity index (χ1) is 9.84. The lowest BCUT2D eigenvalue weighted by Crippen LogP contribution is -2.45. The zero-order chi connectivity index (χ0) is 15.6. The van der Waals surface area contributed by atoms with Crippen LogP contribution in [0.15, 0.2) is 18.2 Å². The number of hydrogen-bond donors (Lipinski definition) is 1. The number of aliphatic carboxylic acids is 1. The fourth-order valence-corrected chi connectivity index (χ4v) is 3.84. The van der Waals surface area contributed by atoms with Crippen LogP contribution in [0, 0.1) is 25.2 Å². The molecule has 1 saturated carbocycles. The van der Waals surface area contributed by atoms with Crippen molar-refractivity contribution >= 4 is 11.7 Å². The molecule has 1 N–H and O–H groups in total. The van der Waals surface area contributed by atoms with Crippen molar-refractivity contribution < 1.29 is 9.90 Å². The third kappa shape index (κ3) is 3.39. The average Bonchev–Trinajstić information content (AvgIpc) is 2.38. The van der Waals surface area contributed by atoms with Crippen molar-refractivity contribution in [3.05, 3.63) is 29.3 Å². The Morgan fingerprint density at radius 2 is 2.14 bits per heavy atom. The van der Waals surface area contributed by atoms with Gasteiger partial charge in [0.1, 0.15) is 0 Å². The Balaban J connectivity index is 2.22. The van der Waals surface area contributed by atoms with Crippen molar-refractivity contribution in [3.63, 3.8) is 0 Å². The second-order valence-electron chi connectivity index (χ2n) is 6.93. The molecule has 1 aliphatic carbocycles. The van der Waals surface area contributed by atoms with Crippen molar-refractivity contribution in [2.75, 3.05) is 18.5 Å². The van der Waals surface area contributed by atoms with Crippen LogP contribution in [0.5, 0.6) is 0 Å². The first kappa shape index (κ1) is 15.9. The van der Waals surface area contributed by atoms with Gasteiger partial charge in [0.2, 0.25) is 0 Å². The van der Waals surface area contributed by atoms with Crippen molar-refractivity contribution in [2.24, 2.45) is 11.3 Å².